The van der Waals surface area contributed by atoms with E-state index < -0.39 is 0 Å². The number of nitrogens with zero attached hydrogens (tertiary/aromatic N) is 1. The van der Waals surface area contributed by atoms with Crippen molar-refractivity contribution in [2.75, 3.05) is 13.7 Å². The van der Waals surface area contributed by atoms with Crippen LogP contribution in [0.5, 0.6) is 5.75 Å². The van der Waals surface area contributed by atoms with Crippen molar-refractivity contribution in [3.63, 3.8) is 0 Å². The molecule has 1 aliphatic carbocycles. The monoisotopic (exact) mass is 290 g/mol. The van der Waals surface area contributed by atoms with Crippen LogP contribution in [0.2, 0.25) is 0 Å². The summed E-state index contributed by atoms with van der Waals surface area (Å²) >= 11 is 0. The second-order valence-electron chi connectivity index (χ2n) is 6.11. The molecule has 1 amide bonds. The maximum Gasteiger partial charge on any atom is 0.260 e. The van der Waals surface area contributed by atoms with Crippen molar-refractivity contribution in [2.45, 2.75) is 52.2 Å². The molecular weight excluding hydrogens is 264 g/mol. The van der Waals surface area contributed by atoms with Crippen molar-refractivity contribution in [3.05, 3.63) is 29.3 Å². The molecule has 1 saturated carbocycles. The summed E-state index contributed by atoms with van der Waals surface area (Å²) < 4.78 is 5.82. The third kappa shape index (κ3) is 4.46. The fourth-order valence-corrected chi connectivity index (χ4v) is 2.12. The van der Waals surface area contributed by atoms with Gasteiger partial charge in [-0.2, -0.15) is 0 Å². The first-order chi connectivity index (χ1) is 9.99. The number of ether oxygens (including phenoxy) is 1. The zero-order valence-electron chi connectivity index (χ0n) is 13.5. The number of hydrogen-bond donors (Lipinski definition) is 1. The zero-order chi connectivity index (χ0) is 15.4. The summed E-state index contributed by atoms with van der Waals surface area (Å²) in [5, 5.41) is 3.49. The van der Waals surface area contributed by atoms with E-state index >= 15 is 0 Å². The number of nitrogens with one attached hydrogen (secondary N) is 1. The van der Waals surface area contributed by atoms with E-state index in [1.165, 1.54) is 12.8 Å². The Bertz CT molecular complexity index is 496. The van der Waals surface area contributed by atoms with E-state index in [0.717, 1.165) is 23.4 Å². The Hall–Kier alpha value is -1.55. The normalized spacial score (nSPS) is 14.3. The van der Waals surface area contributed by atoms with Gasteiger partial charge in [0.1, 0.15) is 5.75 Å². The van der Waals surface area contributed by atoms with Crippen molar-refractivity contribution >= 4 is 5.91 Å². The first kappa shape index (κ1) is 15.8. The molecule has 0 atom stereocenters. The van der Waals surface area contributed by atoms with E-state index in [9.17, 15) is 4.79 Å². The summed E-state index contributed by atoms with van der Waals surface area (Å²) in [6.45, 7) is 6.91. The number of aryl methyl sites for hydroxylation is 1. The molecule has 0 saturated heterocycles. The lowest BCUT2D eigenvalue weighted by Crippen LogP contribution is -2.36. The predicted octanol–water partition coefficient (Wildman–Crippen LogP) is 2.49. The Balaban J connectivity index is 1.98. The van der Waals surface area contributed by atoms with Crippen LogP contribution in [0.25, 0.3) is 0 Å². The second kappa shape index (κ2) is 6.94. The van der Waals surface area contributed by atoms with Crippen molar-refractivity contribution in [3.8, 4) is 5.75 Å². The van der Waals surface area contributed by atoms with Gasteiger partial charge in [0.25, 0.3) is 5.91 Å². The zero-order valence-corrected chi connectivity index (χ0v) is 13.5. The van der Waals surface area contributed by atoms with Gasteiger partial charge in [-0.1, -0.05) is 18.2 Å². The van der Waals surface area contributed by atoms with Crippen LogP contribution in [0, 0.1) is 6.92 Å². The van der Waals surface area contributed by atoms with Gasteiger partial charge in [-0.3, -0.25) is 4.79 Å². The number of amides is 1. The van der Waals surface area contributed by atoms with Crippen molar-refractivity contribution < 1.29 is 9.53 Å². The summed E-state index contributed by atoms with van der Waals surface area (Å²) in [4.78, 5) is 13.8. The fourth-order valence-electron chi connectivity index (χ4n) is 2.12. The lowest BCUT2D eigenvalue weighted by Gasteiger charge is -2.22. The van der Waals surface area contributed by atoms with E-state index in [1.807, 2.05) is 40.0 Å². The minimum absolute atomic E-state index is 0.00866. The predicted molar refractivity (Wildman–Crippen MR) is 84.4 cm³/mol. The molecule has 0 unspecified atom stereocenters. The van der Waals surface area contributed by atoms with Gasteiger partial charge in [-0.15, -0.1) is 0 Å². The highest BCUT2D eigenvalue weighted by atomic mass is 16.5. The molecule has 1 aromatic rings. The molecule has 0 bridgehead atoms. The number of carbonyl (C=O) groups is 1. The number of carbonyl (C=O) groups excluding carboxylic acids is 1. The molecule has 4 heteroatoms. The largest absolute Gasteiger partial charge is 0.483 e. The first-order valence-electron chi connectivity index (χ1n) is 7.69. The average molecular weight is 290 g/mol. The smallest absolute Gasteiger partial charge is 0.260 e. The van der Waals surface area contributed by atoms with Gasteiger partial charge in [0.15, 0.2) is 6.61 Å². The van der Waals surface area contributed by atoms with Crippen LogP contribution in [0.15, 0.2) is 18.2 Å². The van der Waals surface area contributed by atoms with E-state index in [2.05, 4.69) is 11.4 Å². The number of likely N-dealkylation sites (N-methyl/N-ethyl adjacent to an activating group) is 1. The van der Waals surface area contributed by atoms with Gasteiger partial charge in [0, 0.05) is 31.2 Å². The lowest BCUT2D eigenvalue weighted by atomic mass is 10.1. The molecular formula is C17H26N2O2. The maximum absolute atomic E-state index is 12.0. The Kier molecular flexibility index (Phi) is 5.23. The molecule has 21 heavy (non-hydrogen) atoms. The van der Waals surface area contributed by atoms with E-state index in [0.29, 0.717) is 6.04 Å². The van der Waals surface area contributed by atoms with Gasteiger partial charge in [-0.05, 0) is 39.2 Å². The fraction of sp³-hybridized carbons (Fsp3) is 0.588. The summed E-state index contributed by atoms with van der Waals surface area (Å²) in [6.07, 6.45) is 2.53. The molecule has 1 aromatic carbocycles. The van der Waals surface area contributed by atoms with Crippen LogP contribution in [0.1, 0.15) is 37.8 Å². The van der Waals surface area contributed by atoms with Crippen molar-refractivity contribution in [1.82, 2.24) is 10.2 Å². The molecule has 0 aliphatic heterocycles. The maximum atomic E-state index is 12.0. The highest BCUT2D eigenvalue weighted by molar-refractivity contribution is 5.77. The van der Waals surface area contributed by atoms with Gasteiger partial charge in [-0.25, -0.2) is 0 Å². The summed E-state index contributed by atoms with van der Waals surface area (Å²) in [7, 11) is 1.81. The van der Waals surface area contributed by atoms with Crippen LogP contribution in [-0.4, -0.2) is 36.5 Å². The van der Waals surface area contributed by atoms with E-state index in [-0.39, 0.29) is 18.6 Å². The molecule has 2 rings (SSSR count). The van der Waals surface area contributed by atoms with E-state index in [4.69, 9.17) is 4.74 Å². The Morgan fingerprint density at radius 3 is 2.76 bits per heavy atom. The highest BCUT2D eigenvalue weighted by Gasteiger charge is 2.21. The molecule has 0 spiro atoms. The molecule has 4 nitrogen and oxygen atoms in total. The van der Waals surface area contributed by atoms with Crippen LogP contribution in [-0.2, 0) is 11.3 Å². The van der Waals surface area contributed by atoms with Crippen LogP contribution < -0.4 is 10.1 Å². The summed E-state index contributed by atoms with van der Waals surface area (Å²) in [5.74, 6) is 0.852. The van der Waals surface area contributed by atoms with Crippen LogP contribution >= 0.6 is 0 Å². The highest BCUT2D eigenvalue weighted by Crippen LogP contribution is 2.25. The molecule has 1 N–H and O–H groups in total. The van der Waals surface area contributed by atoms with Crippen molar-refractivity contribution in [2.24, 2.45) is 0 Å². The van der Waals surface area contributed by atoms with Gasteiger partial charge in [0.2, 0.25) is 0 Å². The average Bonchev–Trinajstić information content (AvgIpc) is 3.26. The third-order valence-corrected chi connectivity index (χ3v) is 3.96. The summed E-state index contributed by atoms with van der Waals surface area (Å²) in [5.41, 5.74) is 2.20. The third-order valence-electron chi connectivity index (χ3n) is 3.96. The number of rotatable bonds is 7. The molecule has 1 fully saturated rings. The van der Waals surface area contributed by atoms with Gasteiger partial charge in [0.05, 0.1) is 0 Å². The number of benzene rings is 1. The van der Waals surface area contributed by atoms with Crippen molar-refractivity contribution in [1.29, 1.82) is 0 Å². The Morgan fingerprint density at radius 1 is 1.43 bits per heavy atom. The SMILES string of the molecule is Cc1cccc(CNC2CC2)c1OCC(=O)N(C)C(C)C. The van der Waals surface area contributed by atoms with Gasteiger partial charge >= 0.3 is 0 Å². The van der Waals surface area contributed by atoms with Crippen LogP contribution in [0.3, 0.4) is 0 Å². The standard InChI is InChI=1S/C17H26N2O2/c1-12(2)19(4)16(20)11-21-17-13(3)6-5-7-14(17)10-18-15-8-9-15/h5-7,12,15,18H,8-11H2,1-4H3. The molecule has 116 valence electrons. The van der Waals surface area contributed by atoms with Crippen LogP contribution in [0.4, 0.5) is 0 Å². The molecule has 0 radical (unpaired) electrons. The minimum Gasteiger partial charge on any atom is -0.483 e. The molecule has 1 aliphatic rings. The Labute approximate surface area is 127 Å². The quantitative estimate of drug-likeness (QED) is 0.839. The Morgan fingerprint density at radius 2 is 2.14 bits per heavy atom. The topological polar surface area (TPSA) is 41.6 Å². The molecule has 0 heterocycles. The van der Waals surface area contributed by atoms with Gasteiger partial charge < -0.3 is 15.0 Å². The number of hydrogen-bond acceptors (Lipinski definition) is 3. The summed E-state index contributed by atoms with van der Waals surface area (Å²) in [6, 6.07) is 6.97. The second-order valence-corrected chi connectivity index (χ2v) is 6.11. The molecule has 0 aromatic heterocycles. The first-order valence-corrected chi connectivity index (χ1v) is 7.69. The lowest BCUT2D eigenvalue weighted by molar-refractivity contribution is -0.133. The van der Waals surface area contributed by atoms with E-state index in [1.54, 1.807) is 4.90 Å². The number of para-hydroxylation sites is 1. The minimum atomic E-state index is 0.00866.